The highest BCUT2D eigenvalue weighted by molar-refractivity contribution is 4.62. The Morgan fingerprint density at radius 3 is 0.450 bits per heavy atom. The predicted octanol–water partition coefficient (Wildman–Crippen LogP) is 17.1. The van der Waals surface area contributed by atoms with Gasteiger partial charge in [-0.3, -0.25) is 0 Å². The molecule has 0 aromatic rings. The van der Waals surface area contributed by atoms with Crippen molar-refractivity contribution < 1.29 is 28.4 Å². The van der Waals surface area contributed by atoms with E-state index in [0.29, 0.717) is 32.5 Å². The molecule has 0 aliphatic carbocycles. The van der Waals surface area contributed by atoms with Crippen LogP contribution >= 0.6 is 0 Å². The van der Waals surface area contributed by atoms with Gasteiger partial charge in [-0.15, -0.1) is 0 Å². The van der Waals surface area contributed by atoms with Gasteiger partial charge in [0.2, 0.25) is 0 Å². The Hall–Kier alpha value is -0.240. The maximum atomic E-state index is 5.43. The van der Waals surface area contributed by atoms with Crippen LogP contribution < -0.4 is 0 Å². The second-order valence-electron chi connectivity index (χ2n) is 23.5. The lowest BCUT2D eigenvalue weighted by Gasteiger charge is -2.17. The summed E-state index contributed by atoms with van der Waals surface area (Å²) in [5.74, 6) is 0. The van der Waals surface area contributed by atoms with Crippen molar-refractivity contribution in [3.63, 3.8) is 0 Å². The molecule has 0 N–H and O–H groups in total. The quantitative estimate of drug-likeness (QED) is 0.0901. The van der Waals surface area contributed by atoms with E-state index in [-0.39, 0.29) is 0 Å². The van der Waals surface area contributed by atoms with Gasteiger partial charge in [0.25, 0.3) is 0 Å². The van der Waals surface area contributed by atoms with Crippen molar-refractivity contribution in [1.82, 2.24) is 0 Å². The first kappa shape index (κ1) is 71.4. The van der Waals surface area contributed by atoms with Crippen LogP contribution in [0.15, 0.2) is 0 Å². The minimum atomic E-state index is 0.379. The predicted molar refractivity (Wildman–Crippen MR) is 271 cm³/mol. The molecule has 0 fully saturated rings. The first-order valence-corrected chi connectivity index (χ1v) is 24.8. The molecule has 0 unspecified atom stereocenters. The summed E-state index contributed by atoms with van der Waals surface area (Å²) in [7, 11) is 0. The number of hydrogen-bond acceptors (Lipinski definition) is 6. The van der Waals surface area contributed by atoms with Crippen LogP contribution in [0.2, 0.25) is 0 Å². The Morgan fingerprint density at radius 1 is 0.183 bits per heavy atom. The summed E-state index contributed by atoms with van der Waals surface area (Å²) in [6.07, 6.45) is 14.3. The van der Waals surface area contributed by atoms with Crippen molar-refractivity contribution >= 4 is 0 Å². The first-order valence-electron chi connectivity index (χ1n) is 24.8. The second kappa shape index (κ2) is 45.3. The molecule has 6 nitrogen and oxygen atoms in total. The fourth-order valence-corrected chi connectivity index (χ4v) is 4.44. The van der Waals surface area contributed by atoms with Gasteiger partial charge in [-0.2, -0.15) is 0 Å². The third-order valence-corrected chi connectivity index (χ3v) is 8.12. The maximum Gasteiger partial charge on any atom is 0.0700 e. The third kappa shape index (κ3) is 107. The Labute approximate surface area is 382 Å². The zero-order valence-electron chi connectivity index (χ0n) is 46.4. The second-order valence-corrected chi connectivity index (χ2v) is 23.5. The van der Waals surface area contributed by atoms with Crippen LogP contribution in [0.5, 0.6) is 0 Å². The van der Waals surface area contributed by atoms with Crippen molar-refractivity contribution in [3.8, 4) is 0 Å². The Morgan fingerprint density at radius 2 is 0.333 bits per heavy atom. The summed E-state index contributed by atoms with van der Waals surface area (Å²) in [6.45, 7) is 63.4. The van der Waals surface area contributed by atoms with Crippen LogP contribution in [0.3, 0.4) is 0 Å². The molecular weight excluding hydrogens is 745 g/mol. The molecule has 0 radical (unpaired) electrons. The largest absolute Gasteiger partial charge is 0.381 e. The minimum Gasteiger partial charge on any atom is -0.381 e. The fraction of sp³-hybridized carbons (Fsp3) is 1.00. The molecule has 0 spiro atoms. The summed E-state index contributed by atoms with van der Waals surface area (Å²) >= 11 is 0. The van der Waals surface area contributed by atoms with E-state index in [1.807, 2.05) is 0 Å². The van der Waals surface area contributed by atoms with Gasteiger partial charge in [0.15, 0.2) is 0 Å². The van der Waals surface area contributed by atoms with Gasteiger partial charge in [0.05, 0.1) is 26.4 Å². The third-order valence-electron chi connectivity index (χ3n) is 8.12. The van der Waals surface area contributed by atoms with Crippen molar-refractivity contribution in [3.05, 3.63) is 0 Å². The lowest BCUT2D eigenvalue weighted by atomic mass is 9.91. The summed E-state index contributed by atoms with van der Waals surface area (Å²) < 4.78 is 32.2. The van der Waals surface area contributed by atoms with E-state index in [2.05, 4.69) is 166 Å². The fourth-order valence-electron chi connectivity index (χ4n) is 4.44. The van der Waals surface area contributed by atoms with Crippen molar-refractivity contribution in [1.29, 1.82) is 0 Å². The van der Waals surface area contributed by atoms with E-state index in [1.54, 1.807) is 0 Å². The van der Waals surface area contributed by atoms with Crippen LogP contribution in [0.4, 0.5) is 0 Å². The molecule has 0 heterocycles. The molecule has 0 saturated heterocycles. The van der Waals surface area contributed by atoms with Crippen LogP contribution in [-0.2, 0) is 28.4 Å². The molecule has 0 saturated carbocycles. The smallest absolute Gasteiger partial charge is 0.0700 e. The van der Waals surface area contributed by atoms with Gasteiger partial charge >= 0.3 is 0 Å². The Kier molecular flexibility index (Phi) is 53.9. The Balaban J connectivity index is -0.000000148. The standard InChI is InChI=1S/2C11H24O2.2C9H20O.2C7H16/c2*1-5-7-12-9-10-13-8-6-11(2,3)4;2*1-5-7-10-8-6-9(2,3)4;2*1-5-6-7(2,3)4/h2*5-10H2,1-4H3;2*5-8H2,1-4H3;2*5-6H2,1-4H3. The van der Waals surface area contributed by atoms with Gasteiger partial charge in [0, 0.05) is 52.9 Å². The molecule has 6 heteroatoms. The maximum absolute atomic E-state index is 5.43. The van der Waals surface area contributed by atoms with E-state index < -0.39 is 0 Å². The SMILES string of the molecule is CCCC(C)(C)C.CCCC(C)(C)C.CCCOCCC(C)(C)C.CCCOCCC(C)(C)C.CCCOCCOCCC(C)(C)C.CCCOCCOCCC(C)(C)C. The van der Waals surface area contributed by atoms with Gasteiger partial charge in [-0.05, 0) is 96.7 Å². The van der Waals surface area contributed by atoms with Crippen LogP contribution in [0, 0.1) is 32.5 Å². The average molecular weight is 866 g/mol. The lowest BCUT2D eigenvalue weighted by Crippen LogP contribution is -2.12. The molecule has 372 valence electrons. The molecule has 0 rings (SSSR count). The number of rotatable bonds is 24. The van der Waals surface area contributed by atoms with E-state index in [4.69, 9.17) is 28.4 Å². The minimum absolute atomic E-state index is 0.379. The van der Waals surface area contributed by atoms with Crippen molar-refractivity contribution in [2.45, 2.75) is 243 Å². The van der Waals surface area contributed by atoms with Crippen LogP contribution in [0.25, 0.3) is 0 Å². The number of ether oxygens (including phenoxy) is 6. The molecular formula is C54H120O6. The Bertz CT molecular complexity index is 703. The van der Waals surface area contributed by atoms with E-state index in [0.717, 1.165) is 131 Å². The highest BCUT2D eigenvalue weighted by atomic mass is 16.5. The first-order chi connectivity index (χ1) is 27.4. The summed E-state index contributed by atoms with van der Waals surface area (Å²) in [5, 5.41) is 0. The number of hydrogen-bond donors (Lipinski definition) is 0. The topological polar surface area (TPSA) is 55.4 Å². The highest BCUT2D eigenvalue weighted by Crippen LogP contribution is 2.21. The lowest BCUT2D eigenvalue weighted by molar-refractivity contribution is 0.0390. The van der Waals surface area contributed by atoms with Crippen molar-refractivity contribution in [2.75, 3.05) is 79.3 Å². The zero-order valence-corrected chi connectivity index (χ0v) is 46.4. The summed E-state index contributed by atoms with van der Waals surface area (Å²) in [6, 6.07) is 0. The van der Waals surface area contributed by atoms with Crippen LogP contribution in [0.1, 0.15) is 243 Å². The summed E-state index contributed by atoms with van der Waals surface area (Å²) in [4.78, 5) is 0. The molecule has 0 aromatic carbocycles. The monoisotopic (exact) mass is 865 g/mol. The normalized spacial score (nSPS) is 12.0. The van der Waals surface area contributed by atoms with Gasteiger partial charge < -0.3 is 28.4 Å². The molecule has 0 atom stereocenters. The molecule has 0 aliphatic rings. The van der Waals surface area contributed by atoms with Crippen molar-refractivity contribution in [2.24, 2.45) is 32.5 Å². The molecule has 60 heavy (non-hydrogen) atoms. The average Bonchev–Trinajstić information content (AvgIpc) is 3.06. The summed E-state index contributed by atoms with van der Waals surface area (Å²) in [5.41, 5.74) is 2.71. The highest BCUT2D eigenvalue weighted by Gasteiger charge is 2.11. The van der Waals surface area contributed by atoms with E-state index >= 15 is 0 Å². The van der Waals surface area contributed by atoms with Crippen LogP contribution in [-0.4, -0.2) is 79.3 Å². The van der Waals surface area contributed by atoms with E-state index in [1.165, 1.54) is 25.7 Å². The van der Waals surface area contributed by atoms with Gasteiger partial charge in [-0.25, -0.2) is 0 Å². The molecule has 0 amide bonds. The van der Waals surface area contributed by atoms with Gasteiger partial charge in [-0.1, -0.05) is 179 Å². The van der Waals surface area contributed by atoms with E-state index in [9.17, 15) is 0 Å². The molecule has 0 aromatic heterocycles. The zero-order chi connectivity index (χ0) is 48.2. The molecule has 0 bridgehead atoms. The molecule has 0 aliphatic heterocycles. The van der Waals surface area contributed by atoms with Gasteiger partial charge in [0.1, 0.15) is 0 Å².